The molecule has 1 aliphatic rings. The fraction of sp³-hybridized carbons (Fsp3) is 0.391. The number of rotatable bonds is 5. The van der Waals surface area contributed by atoms with E-state index in [9.17, 15) is 14.0 Å². The molecule has 31 heavy (non-hydrogen) atoms. The number of aromatic nitrogens is 3. The molecule has 1 aromatic carbocycles. The summed E-state index contributed by atoms with van der Waals surface area (Å²) in [6, 6.07) is 7.86. The number of piperidine rings is 1. The van der Waals surface area contributed by atoms with E-state index in [1.807, 2.05) is 6.07 Å². The number of likely N-dealkylation sites (tertiary alicyclic amines) is 1. The monoisotopic (exact) mass is 424 g/mol. The van der Waals surface area contributed by atoms with Crippen LogP contribution in [0.5, 0.6) is 0 Å². The molecule has 3 aromatic rings. The normalized spacial score (nSPS) is 16.5. The van der Waals surface area contributed by atoms with Gasteiger partial charge in [-0.05, 0) is 56.9 Å². The number of halogens is 1. The van der Waals surface area contributed by atoms with Crippen LogP contribution in [0.3, 0.4) is 0 Å². The van der Waals surface area contributed by atoms with E-state index in [-0.39, 0.29) is 24.3 Å². The number of hydrogen-bond donors (Lipinski definition) is 0. The maximum atomic E-state index is 13.4. The molecule has 0 spiro atoms. The molecule has 1 unspecified atom stereocenters. The minimum Gasteiger partial charge on any atom is -0.443 e. The molecule has 0 radical (unpaired) electrons. The molecular formula is C23H25FN4O3. The van der Waals surface area contributed by atoms with E-state index in [0.717, 1.165) is 24.8 Å². The van der Waals surface area contributed by atoms with Crippen molar-refractivity contribution in [2.24, 2.45) is 0 Å². The molecule has 1 saturated heterocycles. The Morgan fingerprint density at radius 3 is 2.87 bits per heavy atom. The lowest BCUT2D eigenvalue weighted by molar-refractivity contribution is -0.136. The second kappa shape index (κ2) is 8.83. The quantitative estimate of drug-likeness (QED) is 0.628. The highest BCUT2D eigenvalue weighted by Gasteiger charge is 2.31. The highest BCUT2D eigenvalue weighted by molar-refractivity contribution is 5.76. The minimum atomic E-state index is -0.423. The van der Waals surface area contributed by atoms with Gasteiger partial charge in [-0.25, -0.2) is 14.2 Å². The topological polar surface area (TPSA) is 81.2 Å². The van der Waals surface area contributed by atoms with Crippen LogP contribution in [0.15, 0.2) is 45.7 Å². The van der Waals surface area contributed by atoms with Gasteiger partial charge in [-0.1, -0.05) is 12.1 Å². The molecule has 7 nitrogen and oxygen atoms in total. The van der Waals surface area contributed by atoms with Crippen molar-refractivity contribution in [3.8, 4) is 0 Å². The highest BCUT2D eigenvalue weighted by Crippen LogP contribution is 2.31. The Bertz CT molecular complexity index is 1150. The zero-order valence-electron chi connectivity index (χ0n) is 17.7. The van der Waals surface area contributed by atoms with Crippen molar-refractivity contribution in [1.29, 1.82) is 0 Å². The molecule has 3 heterocycles. The standard InChI is InChI=1S/C23H25FN4O3/c1-15-10-16(2)28(23(30)26-15)14-21(29)27-9-4-3-8-20(27)22-25-13-19(31-22)12-17-6-5-7-18(24)11-17/h5-7,10-11,13,20H,3-4,8-9,12,14H2,1-2H3. The molecule has 0 saturated carbocycles. The first-order chi connectivity index (χ1) is 14.9. The van der Waals surface area contributed by atoms with Gasteiger partial charge in [0.2, 0.25) is 11.8 Å². The summed E-state index contributed by atoms with van der Waals surface area (Å²) in [5.74, 6) is 0.641. The van der Waals surface area contributed by atoms with E-state index >= 15 is 0 Å². The van der Waals surface area contributed by atoms with Gasteiger partial charge in [-0.2, -0.15) is 4.98 Å². The summed E-state index contributed by atoms with van der Waals surface area (Å²) in [5.41, 5.74) is 1.70. The number of benzene rings is 1. The predicted octanol–water partition coefficient (Wildman–Crippen LogP) is 3.33. The summed E-state index contributed by atoms with van der Waals surface area (Å²) in [6.45, 7) is 4.07. The number of carbonyl (C=O) groups is 1. The Kier molecular flexibility index (Phi) is 5.97. The van der Waals surface area contributed by atoms with Crippen LogP contribution in [0.4, 0.5) is 4.39 Å². The maximum absolute atomic E-state index is 13.4. The van der Waals surface area contributed by atoms with Crippen LogP contribution in [0.25, 0.3) is 0 Å². The number of aryl methyl sites for hydroxylation is 2. The second-order valence-electron chi connectivity index (χ2n) is 7.98. The molecule has 0 aliphatic carbocycles. The van der Waals surface area contributed by atoms with Gasteiger partial charge in [0.15, 0.2) is 0 Å². The van der Waals surface area contributed by atoms with Gasteiger partial charge in [0.25, 0.3) is 0 Å². The number of hydrogen-bond acceptors (Lipinski definition) is 5. The Morgan fingerprint density at radius 1 is 1.26 bits per heavy atom. The fourth-order valence-electron chi connectivity index (χ4n) is 4.09. The van der Waals surface area contributed by atoms with E-state index in [0.29, 0.717) is 36.0 Å². The lowest BCUT2D eigenvalue weighted by Crippen LogP contribution is -2.42. The molecule has 1 fully saturated rings. The molecule has 4 rings (SSSR count). The molecule has 1 amide bonds. The first-order valence-electron chi connectivity index (χ1n) is 10.4. The van der Waals surface area contributed by atoms with Crippen LogP contribution in [0.1, 0.15) is 53.9 Å². The van der Waals surface area contributed by atoms with Gasteiger partial charge in [0, 0.05) is 24.4 Å². The van der Waals surface area contributed by atoms with E-state index in [1.54, 1.807) is 37.1 Å². The van der Waals surface area contributed by atoms with Gasteiger partial charge < -0.3 is 9.32 Å². The maximum Gasteiger partial charge on any atom is 0.348 e. The van der Waals surface area contributed by atoms with Crippen LogP contribution in [-0.2, 0) is 17.8 Å². The summed E-state index contributed by atoms with van der Waals surface area (Å²) in [5, 5.41) is 0. The van der Waals surface area contributed by atoms with Crippen molar-refractivity contribution in [3.63, 3.8) is 0 Å². The third-order valence-electron chi connectivity index (χ3n) is 5.59. The van der Waals surface area contributed by atoms with E-state index in [4.69, 9.17) is 4.42 Å². The molecule has 162 valence electrons. The summed E-state index contributed by atoms with van der Waals surface area (Å²) in [6.07, 6.45) is 4.65. The van der Waals surface area contributed by atoms with Gasteiger partial charge in [-0.15, -0.1) is 0 Å². The molecule has 1 atom stereocenters. The Labute approximate surface area is 179 Å². The van der Waals surface area contributed by atoms with Crippen LogP contribution in [0.2, 0.25) is 0 Å². The summed E-state index contributed by atoms with van der Waals surface area (Å²) in [4.78, 5) is 35.4. The first kappa shape index (κ1) is 21.0. The van der Waals surface area contributed by atoms with Crippen LogP contribution >= 0.6 is 0 Å². The Balaban J connectivity index is 1.52. The van der Waals surface area contributed by atoms with Crippen molar-refractivity contribution in [2.45, 2.75) is 52.1 Å². The van der Waals surface area contributed by atoms with Crippen molar-refractivity contribution in [2.75, 3.05) is 6.54 Å². The summed E-state index contributed by atoms with van der Waals surface area (Å²) >= 11 is 0. The summed E-state index contributed by atoms with van der Waals surface area (Å²) < 4.78 is 20.8. The molecular weight excluding hydrogens is 399 g/mol. The third-order valence-corrected chi connectivity index (χ3v) is 5.59. The van der Waals surface area contributed by atoms with Crippen molar-refractivity contribution in [3.05, 3.63) is 81.4 Å². The molecule has 1 aliphatic heterocycles. The van der Waals surface area contributed by atoms with Crippen LogP contribution in [0, 0.1) is 19.7 Å². The van der Waals surface area contributed by atoms with Crippen LogP contribution < -0.4 is 5.69 Å². The zero-order chi connectivity index (χ0) is 22.0. The van der Waals surface area contributed by atoms with Crippen LogP contribution in [-0.4, -0.2) is 31.9 Å². The van der Waals surface area contributed by atoms with Gasteiger partial charge in [0.05, 0.1) is 6.20 Å². The number of oxazole rings is 1. The molecule has 8 heteroatoms. The number of nitrogens with zero attached hydrogens (tertiary/aromatic N) is 4. The highest BCUT2D eigenvalue weighted by atomic mass is 19.1. The molecule has 0 bridgehead atoms. The minimum absolute atomic E-state index is 0.0642. The van der Waals surface area contributed by atoms with Crippen molar-refractivity contribution < 1.29 is 13.6 Å². The van der Waals surface area contributed by atoms with Gasteiger partial charge in [0.1, 0.15) is 24.2 Å². The average molecular weight is 424 g/mol. The van der Waals surface area contributed by atoms with Crippen molar-refractivity contribution >= 4 is 5.91 Å². The SMILES string of the molecule is Cc1cc(C)n(CC(=O)N2CCCCC2c2ncc(Cc3cccc(F)c3)o2)c(=O)n1. The summed E-state index contributed by atoms with van der Waals surface area (Å²) in [7, 11) is 0. The van der Waals surface area contributed by atoms with E-state index < -0.39 is 5.69 Å². The fourth-order valence-corrected chi connectivity index (χ4v) is 4.09. The predicted molar refractivity (Wildman–Crippen MR) is 112 cm³/mol. The molecule has 0 N–H and O–H groups in total. The third kappa shape index (κ3) is 4.73. The van der Waals surface area contributed by atoms with Gasteiger partial charge >= 0.3 is 5.69 Å². The molecule has 2 aromatic heterocycles. The lowest BCUT2D eigenvalue weighted by atomic mass is 10.0. The largest absolute Gasteiger partial charge is 0.443 e. The first-order valence-corrected chi connectivity index (χ1v) is 10.4. The van der Waals surface area contributed by atoms with E-state index in [1.165, 1.54) is 16.7 Å². The average Bonchev–Trinajstić information content (AvgIpc) is 3.19. The Morgan fingerprint density at radius 2 is 2.10 bits per heavy atom. The number of carbonyl (C=O) groups excluding carboxylic acids is 1. The zero-order valence-corrected chi connectivity index (χ0v) is 17.7. The van der Waals surface area contributed by atoms with Crippen molar-refractivity contribution in [1.82, 2.24) is 19.4 Å². The smallest absolute Gasteiger partial charge is 0.348 e. The Hall–Kier alpha value is -3.29. The number of amides is 1. The lowest BCUT2D eigenvalue weighted by Gasteiger charge is -2.34. The van der Waals surface area contributed by atoms with E-state index in [2.05, 4.69) is 9.97 Å². The second-order valence-corrected chi connectivity index (χ2v) is 7.98. The van der Waals surface area contributed by atoms with Gasteiger partial charge in [-0.3, -0.25) is 9.36 Å².